The van der Waals surface area contributed by atoms with Crippen molar-refractivity contribution >= 4 is 34.9 Å². The Balaban J connectivity index is 1.57. The Morgan fingerprint density at radius 3 is 2.71 bits per heavy atom. The summed E-state index contributed by atoms with van der Waals surface area (Å²) in [5, 5.41) is 17.3. The summed E-state index contributed by atoms with van der Waals surface area (Å²) in [5.41, 5.74) is 4.59. The van der Waals surface area contributed by atoms with Crippen molar-refractivity contribution < 1.29 is 19.1 Å². The molecule has 31 heavy (non-hydrogen) atoms. The van der Waals surface area contributed by atoms with Crippen molar-refractivity contribution in [1.29, 1.82) is 0 Å². The van der Waals surface area contributed by atoms with Crippen LogP contribution in [0.2, 0.25) is 5.02 Å². The minimum absolute atomic E-state index is 0.126. The van der Waals surface area contributed by atoms with E-state index >= 15 is 0 Å². The van der Waals surface area contributed by atoms with E-state index in [-0.39, 0.29) is 17.1 Å². The van der Waals surface area contributed by atoms with Gasteiger partial charge in [-0.05, 0) is 44.0 Å². The topological polar surface area (TPSA) is 117 Å². The molecule has 3 N–H and O–H groups in total. The molecule has 8 nitrogen and oxygen atoms in total. The third-order valence-electron chi connectivity index (χ3n) is 4.94. The van der Waals surface area contributed by atoms with Gasteiger partial charge in [0, 0.05) is 23.7 Å². The average molecular weight is 439 g/mol. The van der Waals surface area contributed by atoms with E-state index in [1.54, 1.807) is 31.2 Å². The van der Waals surface area contributed by atoms with Crippen LogP contribution in [0.4, 0.5) is 5.82 Å². The summed E-state index contributed by atoms with van der Waals surface area (Å²) < 4.78 is 5.84. The average Bonchev–Trinajstić information content (AvgIpc) is 3.11. The van der Waals surface area contributed by atoms with Crippen molar-refractivity contribution in [2.45, 2.75) is 26.2 Å². The quantitative estimate of drug-likeness (QED) is 0.531. The van der Waals surface area contributed by atoms with Gasteiger partial charge in [-0.15, -0.1) is 0 Å². The number of hydrogen-bond acceptors (Lipinski definition) is 6. The van der Waals surface area contributed by atoms with Gasteiger partial charge in [0.05, 0.1) is 16.3 Å². The van der Waals surface area contributed by atoms with E-state index in [0.717, 1.165) is 12.0 Å². The second kappa shape index (κ2) is 8.61. The summed E-state index contributed by atoms with van der Waals surface area (Å²) >= 11 is 5.82. The molecule has 158 valence electrons. The van der Waals surface area contributed by atoms with Crippen LogP contribution in [0.25, 0.3) is 0 Å². The maximum absolute atomic E-state index is 12.7. The highest BCUT2D eigenvalue weighted by molar-refractivity contribution is 6.30. The maximum atomic E-state index is 12.7. The van der Waals surface area contributed by atoms with Crippen molar-refractivity contribution in [1.82, 2.24) is 10.4 Å². The van der Waals surface area contributed by atoms with Gasteiger partial charge in [-0.3, -0.25) is 9.59 Å². The number of phenolic OH excluding ortho intramolecular Hbond substituents is 1. The van der Waals surface area contributed by atoms with Crippen LogP contribution in [0.5, 0.6) is 5.75 Å². The van der Waals surface area contributed by atoms with Gasteiger partial charge in [-0.1, -0.05) is 23.7 Å². The van der Waals surface area contributed by atoms with E-state index in [4.69, 9.17) is 16.0 Å². The van der Waals surface area contributed by atoms with Crippen LogP contribution in [0.15, 0.2) is 52.1 Å². The zero-order valence-electron chi connectivity index (χ0n) is 16.6. The van der Waals surface area contributed by atoms with Crippen molar-refractivity contribution in [3.8, 4) is 5.75 Å². The number of carbonyl (C=O) groups is 2. The molecule has 0 spiro atoms. The standard InChI is InChI=1S/C22H19ClN4O4/c1-12-19-15(26-27-21(29)14-5-2-3-7-16(14)28)6-4-8-17(19)31-20(12)22(30)25-18-10-9-13(23)11-24-18/h2-3,5,7,9-11,28H,4,6,8H2,1H3,(H,27,29)(H,24,25,30)/b26-15+. The first-order chi connectivity index (χ1) is 14.9. The monoisotopic (exact) mass is 438 g/mol. The molecule has 2 amide bonds. The van der Waals surface area contributed by atoms with Crippen LogP contribution < -0.4 is 10.7 Å². The first-order valence-corrected chi connectivity index (χ1v) is 10.0. The number of halogens is 1. The number of anilines is 1. The predicted molar refractivity (Wildman–Crippen MR) is 116 cm³/mol. The molecule has 0 unspecified atom stereocenters. The lowest BCUT2D eigenvalue weighted by Crippen LogP contribution is -2.22. The number of aromatic hydroxyl groups is 1. The Bertz CT molecular complexity index is 1180. The van der Waals surface area contributed by atoms with Crippen LogP contribution >= 0.6 is 11.6 Å². The third-order valence-corrected chi connectivity index (χ3v) is 5.17. The molecule has 0 bridgehead atoms. The van der Waals surface area contributed by atoms with Gasteiger partial charge in [0.2, 0.25) is 0 Å². The molecule has 9 heteroatoms. The molecular weight excluding hydrogens is 420 g/mol. The minimum atomic E-state index is -0.523. The van der Waals surface area contributed by atoms with Crippen LogP contribution in [0, 0.1) is 6.92 Å². The predicted octanol–water partition coefficient (Wildman–Crippen LogP) is 4.06. The second-order valence-electron chi connectivity index (χ2n) is 7.04. The van der Waals surface area contributed by atoms with Crippen molar-refractivity contribution in [2.75, 3.05) is 5.32 Å². The lowest BCUT2D eigenvalue weighted by atomic mass is 9.93. The number of aryl methyl sites for hydroxylation is 1. The molecule has 0 atom stereocenters. The third kappa shape index (κ3) is 4.29. The van der Waals surface area contributed by atoms with E-state index < -0.39 is 11.8 Å². The number of phenols is 1. The maximum Gasteiger partial charge on any atom is 0.292 e. The largest absolute Gasteiger partial charge is 0.507 e. The number of rotatable bonds is 4. The summed E-state index contributed by atoms with van der Waals surface area (Å²) in [6, 6.07) is 9.45. The van der Waals surface area contributed by atoms with Gasteiger partial charge in [0.25, 0.3) is 11.8 Å². The van der Waals surface area contributed by atoms with Gasteiger partial charge in [-0.2, -0.15) is 5.10 Å². The number of carbonyl (C=O) groups excluding carboxylic acids is 2. The number of nitrogens with one attached hydrogen (secondary N) is 2. The number of hydrazone groups is 1. The molecule has 2 heterocycles. The van der Waals surface area contributed by atoms with Crippen LogP contribution in [0.3, 0.4) is 0 Å². The van der Waals surface area contributed by atoms with Gasteiger partial charge in [0.1, 0.15) is 17.3 Å². The van der Waals surface area contributed by atoms with E-state index in [0.29, 0.717) is 40.7 Å². The summed E-state index contributed by atoms with van der Waals surface area (Å²) in [4.78, 5) is 29.1. The number of hydrogen-bond donors (Lipinski definition) is 3. The molecule has 0 aliphatic heterocycles. The minimum Gasteiger partial charge on any atom is -0.507 e. The van der Waals surface area contributed by atoms with E-state index in [9.17, 15) is 14.7 Å². The highest BCUT2D eigenvalue weighted by atomic mass is 35.5. The lowest BCUT2D eigenvalue weighted by Gasteiger charge is -2.13. The number of nitrogens with zero attached hydrogens (tertiary/aromatic N) is 2. The van der Waals surface area contributed by atoms with E-state index in [1.807, 2.05) is 0 Å². The smallest absolute Gasteiger partial charge is 0.292 e. The van der Waals surface area contributed by atoms with Crippen LogP contribution in [-0.4, -0.2) is 27.6 Å². The Kier molecular flexibility index (Phi) is 5.73. The van der Waals surface area contributed by atoms with Crippen molar-refractivity contribution in [3.05, 3.63) is 75.8 Å². The molecule has 2 aromatic heterocycles. The molecule has 1 aliphatic carbocycles. The summed E-state index contributed by atoms with van der Waals surface area (Å²) in [6.45, 7) is 1.78. The number of benzene rings is 1. The number of furan rings is 1. The molecule has 1 aliphatic rings. The number of fused-ring (bicyclic) bond motifs is 1. The van der Waals surface area contributed by atoms with Crippen molar-refractivity contribution in [2.24, 2.45) is 5.10 Å². The first kappa shape index (κ1) is 20.6. The van der Waals surface area contributed by atoms with Crippen LogP contribution in [-0.2, 0) is 6.42 Å². The molecule has 0 saturated heterocycles. The normalized spacial score (nSPS) is 14.2. The Labute approximate surface area is 182 Å². The van der Waals surface area contributed by atoms with Crippen LogP contribution in [0.1, 0.15) is 50.6 Å². The summed E-state index contributed by atoms with van der Waals surface area (Å²) in [6.07, 6.45) is 3.49. The summed E-state index contributed by atoms with van der Waals surface area (Å²) in [5.74, 6) is 0.0904. The Morgan fingerprint density at radius 1 is 1.16 bits per heavy atom. The zero-order chi connectivity index (χ0) is 22.0. The SMILES string of the molecule is Cc1c(C(=O)Nc2ccc(Cl)cn2)oc2c1/C(=N/NC(=O)c1ccccc1O)CCC2. The van der Waals surface area contributed by atoms with E-state index in [1.165, 1.54) is 18.3 Å². The molecular formula is C22H19ClN4O4. The zero-order valence-corrected chi connectivity index (χ0v) is 17.4. The van der Waals surface area contributed by atoms with Gasteiger partial charge >= 0.3 is 0 Å². The molecule has 3 aromatic rings. The molecule has 0 saturated carbocycles. The first-order valence-electron chi connectivity index (χ1n) is 9.64. The van der Waals surface area contributed by atoms with Gasteiger partial charge < -0.3 is 14.8 Å². The fourth-order valence-electron chi connectivity index (χ4n) is 3.46. The molecule has 0 fully saturated rings. The Hall–Kier alpha value is -3.65. The van der Waals surface area contributed by atoms with Crippen molar-refractivity contribution in [3.63, 3.8) is 0 Å². The highest BCUT2D eigenvalue weighted by Gasteiger charge is 2.28. The second-order valence-corrected chi connectivity index (χ2v) is 7.48. The number of aromatic nitrogens is 1. The molecule has 4 rings (SSSR count). The molecule has 0 radical (unpaired) electrons. The lowest BCUT2D eigenvalue weighted by molar-refractivity contribution is 0.0950. The number of para-hydroxylation sites is 1. The summed E-state index contributed by atoms with van der Waals surface area (Å²) in [7, 11) is 0. The number of pyridine rings is 1. The highest BCUT2D eigenvalue weighted by Crippen LogP contribution is 2.30. The fourth-order valence-corrected chi connectivity index (χ4v) is 3.58. The van der Waals surface area contributed by atoms with Gasteiger partial charge in [0.15, 0.2) is 5.76 Å². The molecule has 1 aromatic carbocycles. The fraction of sp³-hybridized carbons (Fsp3) is 0.182. The number of amides is 2. The Morgan fingerprint density at radius 2 is 1.97 bits per heavy atom. The van der Waals surface area contributed by atoms with E-state index in [2.05, 4.69) is 20.8 Å². The van der Waals surface area contributed by atoms with Gasteiger partial charge in [-0.25, -0.2) is 10.4 Å².